The molecule has 0 fully saturated rings. The average Bonchev–Trinajstić information content (AvgIpc) is 3.22. The molecule has 0 aliphatic rings. The van der Waals surface area contributed by atoms with Crippen LogP contribution in [0.15, 0.2) is 177 Å². The van der Waals surface area contributed by atoms with Crippen molar-refractivity contribution in [3.63, 3.8) is 0 Å². The highest BCUT2D eigenvalue weighted by Crippen LogP contribution is 2.45. The highest BCUT2D eigenvalue weighted by Gasteiger charge is 2.19. The molecule has 4 nitrogen and oxygen atoms in total. The van der Waals surface area contributed by atoms with Gasteiger partial charge in [0, 0.05) is 28.6 Å². The molecule has 0 saturated heterocycles. The zero-order valence-corrected chi connectivity index (χ0v) is 29.2. The summed E-state index contributed by atoms with van der Waals surface area (Å²) in [5.74, 6) is 1.74. The molecule has 0 spiro atoms. The van der Waals surface area contributed by atoms with Crippen molar-refractivity contribution in [3.8, 4) is 45.0 Å². The predicted octanol–water partition coefficient (Wildman–Crippen LogP) is 12.4. The fourth-order valence-corrected chi connectivity index (χ4v) is 7.37. The first-order valence-corrected chi connectivity index (χ1v) is 17.8. The number of aryl methyl sites for hydroxylation is 1. The van der Waals surface area contributed by atoms with E-state index in [0.29, 0.717) is 17.5 Å². The molecule has 2 aromatic heterocycles. The number of allylic oxidation sites excluding steroid dienone is 2. The zero-order valence-electron chi connectivity index (χ0n) is 29.2. The molecular formula is C49H34N4. The lowest BCUT2D eigenvalue weighted by molar-refractivity contribution is 1.04. The minimum atomic E-state index is 0.549. The van der Waals surface area contributed by atoms with Crippen LogP contribution in [0, 0.1) is 6.92 Å². The van der Waals surface area contributed by atoms with Crippen LogP contribution in [-0.2, 0) is 0 Å². The minimum absolute atomic E-state index is 0.549. The molecule has 53 heavy (non-hydrogen) atoms. The van der Waals surface area contributed by atoms with Crippen molar-refractivity contribution in [3.05, 3.63) is 194 Å². The van der Waals surface area contributed by atoms with Gasteiger partial charge in [0.2, 0.25) is 0 Å². The van der Waals surface area contributed by atoms with Crippen LogP contribution in [0.4, 0.5) is 0 Å². The topological polar surface area (TPSA) is 51.6 Å². The van der Waals surface area contributed by atoms with Crippen LogP contribution in [0.3, 0.4) is 0 Å². The molecule has 2 heterocycles. The molecule has 250 valence electrons. The Morgan fingerprint density at radius 1 is 0.509 bits per heavy atom. The van der Waals surface area contributed by atoms with Crippen molar-refractivity contribution in [2.45, 2.75) is 6.92 Å². The Morgan fingerprint density at radius 2 is 1.08 bits per heavy atom. The van der Waals surface area contributed by atoms with E-state index in [1.54, 1.807) is 12.3 Å². The molecule has 0 aliphatic carbocycles. The van der Waals surface area contributed by atoms with Gasteiger partial charge in [-0.05, 0) is 85.3 Å². The quantitative estimate of drug-likeness (QED) is 0.124. The minimum Gasteiger partial charge on any atom is -0.261 e. The summed E-state index contributed by atoms with van der Waals surface area (Å²) in [5.41, 5.74) is 9.25. The summed E-state index contributed by atoms with van der Waals surface area (Å²) in [4.78, 5) is 19.6. The summed E-state index contributed by atoms with van der Waals surface area (Å²) in [6.45, 7) is 6.13. The second kappa shape index (κ2) is 13.6. The van der Waals surface area contributed by atoms with Crippen molar-refractivity contribution in [1.82, 2.24) is 19.9 Å². The van der Waals surface area contributed by atoms with E-state index < -0.39 is 0 Å². The van der Waals surface area contributed by atoms with Crippen molar-refractivity contribution in [1.29, 1.82) is 0 Å². The van der Waals surface area contributed by atoms with Crippen molar-refractivity contribution >= 4 is 44.0 Å². The molecule has 0 N–H and O–H groups in total. The van der Waals surface area contributed by atoms with Gasteiger partial charge in [-0.15, -0.1) is 0 Å². The zero-order chi connectivity index (χ0) is 35.7. The fourth-order valence-electron chi connectivity index (χ4n) is 7.37. The fraction of sp³-hybridized carbons (Fsp3) is 0.0204. The molecule has 9 aromatic rings. The van der Waals surface area contributed by atoms with Crippen molar-refractivity contribution < 1.29 is 0 Å². The Morgan fingerprint density at radius 3 is 1.77 bits per heavy atom. The van der Waals surface area contributed by atoms with E-state index in [1.807, 2.05) is 55.5 Å². The first-order valence-electron chi connectivity index (χ1n) is 17.8. The molecule has 0 amide bonds. The molecule has 0 radical (unpaired) electrons. The summed E-state index contributed by atoms with van der Waals surface area (Å²) in [7, 11) is 0. The van der Waals surface area contributed by atoms with E-state index in [9.17, 15) is 0 Å². The van der Waals surface area contributed by atoms with Gasteiger partial charge < -0.3 is 0 Å². The van der Waals surface area contributed by atoms with Crippen LogP contribution in [0.25, 0.3) is 89.0 Å². The molecule has 4 heteroatoms. The summed E-state index contributed by atoms with van der Waals surface area (Å²) in [5, 5.41) is 7.28. The summed E-state index contributed by atoms with van der Waals surface area (Å²) < 4.78 is 0. The monoisotopic (exact) mass is 678 g/mol. The molecule has 0 atom stereocenters. The van der Waals surface area contributed by atoms with Crippen LogP contribution < -0.4 is 0 Å². The van der Waals surface area contributed by atoms with E-state index in [-0.39, 0.29) is 0 Å². The lowest BCUT2D eigenvalue weighted by atomic mass is 9.84. The SMILES string of the molecule is C=C/C(=C\c1cccnc1C)c1nc(-c2ccccc2)nc(-c2cccc(-c3c4ccccc4c(-c4cccc5ccccc45)c4ccccc34)c2)n1. The van der Waals surface area contributed by atoms with Gasteiger partial charge in [0.1, 0.15) is 0 Å². The highest BCUT2D eigenvalue weighted by molar-refractivity contribution is 6.23. The van der Waals surface area contributed by atoms with Gasteiger partial charge in [-0.2, -0.15) is 0 Å². The maximum Gasteiger partial charge on any atom is 0.164 e. The number of pyridine rings is 1. The second-order valence-corrected chi connectivity index (χ2v) is 13.1. The molecule has 0 aliphatic heterocycles. The Hall–Kier alpha value is -7.04. The van der Waals surface area contributed by atoms with Crippen LogP contribution in [-0.4, -0.2) is 19.9 Å². The number of aromatic nitrogens is 4. The number of fused-ring (bicyclic) bond motifs is 3. The van der Waals surface area contributed by atoms with E-state index in [0.717, 1.165) is 33.5 Å². The molecule has 0 bridgehead atoms. The smallest absolute Gasteiger partial charge is 0.164 e. The average molecular weight is 679 g/mol. The van der Waals surface area contributed by atoms with Gasteiger partial charge in [-0.25, -0.2) is 15.0 Å². The first kappa shape index (κ1) is 31.9. The van der Waals surface area contributed by atoms with Gasteiger partial charge >= 0.3 is 0 Å². The molecule has 7 aromatic carbocycles. The van der Waals surface area contributed by atoms with E-state index >= 15 is 0 Å². The third-order valence-corrected chi connectivity index (χ3v) is 9.90. The second-order valence-electron chi connectivity index (χ2n) is 13.1. The molecule has 0 saturated carbocycles. The Balaban J connectivity index is 1.26. The number of hydrogen-bond acceptors (Lipinski definition) is 4. The molecule has 9 rings (SSSR count). The number of rotatable bonds is 7. The van der Waals surface area contributed by atoms with E-state index in [4.69, 9.17) is 15.0 Å². The van der Waals surface area contributed by atoms with Gasteiger partial charge in [0.25, 0.3) is 0 Å². The molecule has 0 unspecified atom stereocenters. The van der Waals surface area contributed by atoms with Gasteiger partial charge in [-0.1, -0.05) is 158 Å². The van der Waals surface area contributed by atoms with E-state index in [2.05, 4.69) is 127 Å². The lowest BCUT2D eigenvalue weighted by Gasteiger charge is -2.19. The molecular weight excluding hydrogens is 645 g/mol. The van der Waals surface area contributed by atoms with Crippen LogP contribution in [0.5, 0.6) is 0 Å². The number of benzene rings is 7. The predicted molar refractivity (Wildman–Crippen MR) is 221 cm³/mol. The van der Waals surface area contributed by atoms with Crippen LogP contribution >= 0.6 is 0 Å². The summed E-state index contributed by atoms with van der Waals surface area (Å²) in [6, 6.07) is 55.4. The van der Waals surface area contributed by atoms with Gasteiger partial charge in [-0.3, -0.25) is 4.98 Å². The third kappa shape index (κ3) is 5.86. The Kier molecular flexibility index (Phi) is 8.18. The van der Waals surface area contributed by atoms with Crippen LogP contribution in [0.2, 0.25) is 0 Å². The third-order valence-electron chi connectivity index (χ3n) is 9.90. The van der Waals surface area contributed by atoms with Crippen LogP contribution in [0.1, 0.15) is 17.1 Å². The normalized spacial score (nSPS) is 11.7. The number of hydrogen-bond donors (Lipinski definition) is 0. The largest absolute Gasteiger partial charge is 0.261 e. The van der Waals surface area contributed by atoms with E-state index in [1.165, 1.54) is 49.0 Å². The maximum atomic E-state index is 5.09. The van der Waals surface area contributed by atoms with Gasteiger partial charge in [0.15, 0.2) is 17.5 Å². The van der Waals surface area contributed by atoms with Gasteiger partial charge in [0.05, 0.1) is 0 Å². The Bertz CT molecular complexity index is 2810. The number of nitrogens with zero attached hydrogens (tertiary/aromatic N) is 4. The summed E-state index contributed by atoms with van der Waals surface area (Å²) >= 11 is 0. The standard InChI is InChI=1S/C49H34N4/c1-3-33(30-36-22-15-29-50-32(36)2)47-51-48(35-17-5-4-6-18-35)53-49(52-47)38-21-13-20-37(31-38)45-41-24-9-11-26-43(41)46(44-27-12-10-25-42(44)45)40-28-14-19-34-16-7-8-23-39(34)40/h3-31H,1H2,2H3/b33-30+. The maximum absolute atomic E-state index is 5.09. The van der Waals surface area contributed by atoms with Crippen molar-refractivity contribution in [2.75, 3.05) is 0 Å². The Labute approximate surface area is 308 Å². The highest BCUT2D eigenvalue weighted by atomic mass is 15.0. The lowest BCUT2D eigenvalue weighted by Crippen LogP contribution is -2.02. The van der Waals surface area contributed by atoms with Crippen molar-refractivity contribution in [2.24, 2.45) is 0 Å². The first-order chi connectivity index (χ1) is 26.2. The summed E-state index contributed by atoms with van der Waals surface area (Å²) in [6.07, 6.45) is 5.63.